The van der Waals surface area contributed by atoms with Gasteiger partial charge in [-0.3, -0.25) is 0 Å². The number of piperidine rings is 1. The molecule has 1 saturated heterocycles. The summed E-state index contributed by atoms with van der Waals surface area (Å²) in [7, 11) is 1.53. The molecule has 26 heavy (non-hydrogen) atoms. The van der Waals surface area contributed by atoms with Gasteiger partial charge in [-0.2, -0.15) is 0 Å². The van der Waals surface area contributed by atoms with Gasteiger partial charge < -0.3 is 14.5 Å². The fourth-order valence-electron chi connectivity index (χ4n) is 3.03. The molecule has 0 atom stereocenters. The van der Waals surface area contributed by atoms with Crippen LogP contribution in [-0.4, -0.2) is 43.0 Å². The van der Waals surface area contributed by atoms with Crippen molar-refractivity contribution in [2.75, 3.05) is 31.7 Å². The molecule has 3 rings (SSSR count). The van der Waals surface area contributed by atoms with Crippen molar-refractivity contribution in [2.24, 2.45) is 11.1 Å². The predicted molar refractivity (Wildman–Crippen MR) is 103 cm³/mol. The van der Waals surface area contributed by atoms with E-state index >= 15 is 0 Å². The maximum Gasteiger partial charge on any atom is 0.147 e. The molecule has 0 saturated carbocycles. The van der Waals surface area contributed by atoms with Crippen LogP contribution in [-0.2, 0) is 4.84 Å². The Morgan fingerprint density at radius 1 is 1.19 bits per heavy atom. The lowest BCUT2D eigenvalue weighted by Crippen LogP contribution is -2.34. The minimum Gasteiger partial charge on any atom is -0.494 e. The number of ether oxygens (including phenoxy) is 1. The van der Waals surface area contributed by atoms with Crippen molar-refractivity contribution in [1.82, 2.24) is 9.97 Å². The van der Waals surface area contributed by atoms with Crippen molar-refractivity contribution >= 4 is 23.6 Å². The van der Waals surface area contributed by atoms with Crippen LogP contribution in [0.3, 0.4) is 0 Å². The fraction of sp³-hybridized carbons (Fsp3) is 0.421. The zero-order valence-corrected chi connectivity index (χ0v) is 15.6. The van der Waals surface area contributed by atoms with E-state index in [0.29, 0.717) is 11.1 Å². The summed E-state index contributed by atoms with van der Waals surface area (Å²) in [4.78, 5) is 15.4. The predicted octanol–water partition coefficient (Wildman–Crippen LogP) is 3.80. The van der Waals surface area contributed by atoms with Gasteiger partial charge in [-0.15, -0.1) is 0 Å². The summed E-state index contributed by atoms with van der Waals surface area (Å²) in [6.45, 7) is 2.72. The van der Waals surface area contributed by atoms with Crippen LogP contribution in [0.25, 0.3) is 0 Å². The van der Waals surface area contributed by atoms with Crippen molar-refractivity contribution in [3.05, 3.63) is 47.4 Å². The topological polar surface area (TPSA) is 59.8 Å². The van der Waals surface area contributed by atoms with Crippen molar-refractivity contribution in [3.63, 3.8) is 0 Å². The lowest BCUT2D eigenvalue weighted by molar-refractivity contribution is 0.215. The Kier molecular flexibility index (Phi) is 6.66. The molecule has 0 bridgehead atoms. The third-order valence-corrected chi connectivity index (χ3v) is 4.72. The Hall–Kier alpha value is -2.34. The second-order valence-corrected chi connectivity index (χ2v) is 6.64. The lowest BCUT2D eigenvalue weighted by Gasteiger charge is -2.32. The zero-order chi connectivity index (χ0) is 18.2. The zero-order valence-electron chi connectivity index (χ0n) is 14.8. The van der Waals surface area contributed by atoms with Crippen LogP contribution in [0.2, 0.25) is 5.15 Å². The van der Waals surface area contributed by atoms with Gasteiger partial charge in [0.25, 0.3) is 0 Å². The van der Waals surface area contributed by atoms with Gasteiger partial charge in [-0.1, -0.05) is 16.8 Å². The summed E-state index contributed by atoms with van der Waals surface area (Å²) >= 11 is 5.79. The van der Waals surface area contributed by atoms with E-state index in [-0.39, 0.29) is 0 Å². The van der Waals surface area contributed by atoms with E-state index in [4.69, 9.17) is 16.3 Å². The highest BCUT2D eigenvalue weighted by atomic mass is 35.5. The number of hydrogen-bond donors (Lipinski definition) is 0. The maximum atomic E-state index is 5.87. The molecule has 1 aliphatic rings. The minimum atomic E-state index is 0.430. The molecule has 7 heteroatoms. The first-order chi connectivity index (χ1) is 12.7. The van der Waals surface area contributed by atoms with Gasteiger partial charge >= 0.3 is 0 Å². The lowest BCUT2D eigenvalue weighted by atomic mass is 9.94. The first-order valence-electron chi connectivity index (χ1n) is 8.76. The third-order valence-electron chi connectivity index (χ3n) is 4.53. The van der Waals surface area contributed by atoms with E-state index in [1.165, 1.54) is 7.11 Å². The summed E-state index contributed by atoms with van der Waals surface area (Å²) in [5.74, 6) is 2.47. The highest BCUT2D eigenvalue weighted by molar-refractivity contribution is 6.29. The Morgan fingerprint density at radius 2 is 1.96 bits per heavy atom. The molecule has 1 aliphatic heterocycles. The average Bonchev–Trinajstić information content (AvgIpc) is 2.69. The molecular formula is C19H23ClN4O2. The standard InChI is InChI=1S/C19H23ClN4O2/c1-25-23-12-16-2-4-17(5-3-16)26-11-8-15-6-9-24(10-7-15)19-14-21-18(20)13-22-19/h2-5,12-15H,6-11H2,1H3/b23-12+. The first-order valence-corrected chi connectivity index (χ1v) is 9.14. The molecular weight excluding hydrogens is 352 g/mol. The Labute approximate surface area is 158 Å². The van der Waals surface area contributed by atoms with Crippen LogP contribution in [0.4, 0.5) is 5.82 Å². The Balaban J connectivity index is 1.38. The van der Waals surface area contributed by atoms with Crippen LogP contribution in [0, 0.1) is 5.92 Å². The molecule has 0 amide bonds. The van der Waals surface area contributed by atoms with Gasteiger partial charge in [-0.05, 0) is 55.0 Å². The van der Waals surface area contributed by atoms with Gasteiger partial charge in [-0.25, -0.2) is 9.97 Å². The van der Waals surface area contributed by atoms with Gasteiger partial charge in [0.15, 0.2) is 0 Å². The molecule has 138 valence electrons. The molecule has 2 aromatic rings. The molecule has 0 unspecified atom stereocenters. The van der Waals surface area contributed by atoms with Crippen molar-refractivity contribution in [3.8, 4) is 5.75 Å². The summed E-state index contributed by atoms with van der Waals surface area (Å²) in [6, 6.07) is 7.84. The molecule has 1 fully saturated rings. The number of benzene rings is 1. The van der Waals surface area contributed by atoms with Crippen LogP contribution in [0.1, 0.15) is 24.8 Å². The summed E-state index contributed by atoms with van der Waals surface area (Å²) in [5.41, 5.74) is 0.983. The summed E-state index contributed by atoms with van der Waals surface area (Å²) in [5, 5.41) is 4.17. The smallest absolute Gasteiger partial charge is 0.147 e. The highest BCUT2D eigenvalue weighted by Gasteiger charge is 2.20. The number of anilines is 1. The second-order valence-electron chi connectivity index (χ2n) is 6.25. The normalized spacial score (nSPS) is 15.4. The number of halogens is 1. The van der Waals surface area contributed by atoms with Crippen LogP contribution in [0.5, 0.6) is 5.75 Å². The molecule has 1 aromatic heterocycles. The van der Waals surface area contributed by atoms with Gasteiger partial charge in [0, 0.05) is 13.1 Å². The number of aromatic nitrogens is 2. The Morgan fingerprint density at radius 3 is 2.62 bits per heavy atom. The van der Waals surface area contributed by atoms with E-state index in [1.807, 2.05) is 24.3 Å². The SMILES string of the molecule is CO/N=C/c1ccc(OCCC2CCN(c3cnc(Cl)cn3)CC2)cc1. The molecule has 0 radical (unpaired) electrons. The molecule has 1 aromatic carbocycles. The fourth-order valence-corrected chi connectivity index (χ4v) is 3.12. The third kappa shape index (κ3) is 5.33. The van der Waals surface area contributed by atoms with Crippen LogP contribution < -0.4 is 9.64 Å². The monoisotopic (exact) mass is 374 g/mol. The van der Waals surface area contributed by atoms with Crippen molar-refractivity contribution in [1.29, 1.82) is 0 Å². The van der Waals surface area contributed by atoms with Gasteiger partial charge in [0.2, 0.25) is 0 Å². The average molecular weight is 375 g/mol. The molecule has 0 aliphatic carbocycles. The molecule has 0 N–H and O–H groups in total. The van der Waals surface area contributed by atoms with E-state index < -0.39 is 0 Å². The summed E-state index contributed by atoms with van der Waals surface area (Å²) < 4.78 is 5.87. The first kappa shape index (κ1) is 18.5. The van der Waals surface area contributed by atoms with Crippen LogP contribution >= 0.6 is 11.6 Å². The quantitative estimate of drug-likeness (QED) is 0.545. The summed E-state index contributed by atoms with van der Waals surface area (Å²) in [6.07, 6.45) is 8.35. The number of rotatable bonds is 7. The van der Waals surface area contributed by atoms with Crippen LogP contribution in [0.15, 0.2) is 41.8 Å². The van der Waals surface area contributed by atoms with Gasteiger partial charge in [0.1, 0.15) is 23.8 Å². The number of oxime groups is 1. The van der Waals surface area contributed by atoms with E-state index in [2.05, 4.69) is 24.9 Å². The maximum absolute atomic E-state index is 5.87. The largest absolute Gasteiger partial charge is 0.494 e. The molecule has 6 nitrogen and oxygen atoms in total. The number of hydrogen-bond acceptors (Lipinski definition) is 6. The van der Waals surface area contributed by atoms with E-state index in [1.54, 1.807) is 18.6 Å². The highest BCUT2D eigenvalue weighted by Crippen LogP contribution is 2.24. The minimum absolute atomic E-state index is 0.430. The van der Waals surface area contributed by atoms with Crippen molar-refractivity contribution in [2.45, 2.75) is 19.3 Å². The Bertz CT molecular complexity index is 698. The molecule has 0 spiro atoms. The van der Waals surface area contributed by atoms with E-state index in [0.717, 1.165) is 56.1 Å². The van der Waals surface area contributed by atoms with E-state index in [9.17, 15) is 0 Å². The second kappa shape index (κ2) is 9.38. The van der Waals surface area contributed by atoms with Gasteiger partial charge in [0.05, 0.1) is 25.2 Å². The number of nitrogens with zero attached hydrogens (tertiary/aromatic N) is 4. The molecule has 2 heterocycles. The van der Waals surface area contributed by atoms with Crippen molar-refractivity contribution < 1.29 is 9.57 Å².